The molecule has 1 aromatic carbocycles. The minimum Gasteiger partial charge on any atom is -0.504 e. The Balaban J connectivity index is 2.76. The van der Waals surface area contributed by atoms with Crippen molar-refractivity contribution < 1.29 is 14.4 Å². The summed E-state index contributed by atoms with van der Waals surface area (Å²) < 4.78 is 10.7. The molecule has 2 rings (SSSR count). The van der Waals surface area contributed by atoms with Crippen LogP contribution in [0.3, 0.4) is 0 Å². The van der Waals surface area contributed by atoms with Crippen molar-refractivity contribution in [2.45, 2.75) is 6.92 Å². The van der Waals surface area contributed by atoms with E-state index in [1.54, 1.807) is 6.07 Å². The van der Waals surface area contributed by atoms with Crippen molar-refractivity contribution in [2.24, 2.45) is 0 Å². The lowest BCUT2D eigenvalue weighted by Crippen LogP contribution is -1.93. The van der Waals surface area contributed by atoms with Crippen LogP contribution < -0.4 is 10.5 Å². The highest BCUT2D eigenvalue weighted by atomic mass is 79.9. The van der Waals surface area contributed by atoms with Gasteiger partial charge in [-0.05, 0) is 18.6 Å². The molecule has 17 heavy (non-hydrogen) atoms. The summed E-state index contributed by atoms with van der Waals surface area (Å²) in [4.78, 5) is 0. The number of ether oxygens (including phenoxy) is 1. The molecule has 0 saturated carbocycles. The number of methoxy groups -OCH3 is 1. The molecule has 3 N–H and O–H groups in total. The Hall–Kier alpha value is -1.69. The number of hydrogen-bond donors (Lipinski definition) is 2. The third kappa shape index (κ3) is 1.84. The number of phenols is 1. The van der Waals surface area contributed by atoms with Crippen molar-refractivity contribution in [1.82, 2.24) is 5.16 Å². The lowest BCUT2D eigenvalue weighted by atomic mass is 10.0. The number of phenolic OH excluding ortho intramolecular Hbond substituents is 1. The molecule has 0 saturated heterocycles. The minimum absolute atomic E-state index is 0.0168. The molecular weight excluding hydrogens is 288 g/mol. The van der Waals surface area contributed by atoms with Crippen LogP contribution in [0.5, 0.6) is 11.5 Å². The third-order valence-electron chi connectivity index (χ3n) is 2.55. The number of nitrogen functional groups attached to an aromatic ring is 1. The molecule has 0 aliphatic heterocycles. The van der Waals surface area contributed by atoms with Gasteiger partial charge in [0, 0.05) is 10.0 Å². The van der Waals surface area contributed by atoms with Gasteiger partial charge in [0.05, 0.1) is 18.9 Å². The zero-order valence-corrected chi connectivity index (χ0v) is 10.9. The number of hydrogen-bond acceptors (Lipinski definition) is 5. The molecular formula is C11H11BrN2O3. The van der Waals surface area contributed by atoms with Gasteiger partial charge < -0.3 is 20.1 Å². The van der Waals surface area contributed by atoms with Gasteiger partial charge >= 0.3 is 0 Å². The Kier molecular flexibility index (Phi) is 2.97. The average molecular weight is 299 g/mol. The van der Waals surface area contributed by atoms with E-state index in [1.165, 1.54) is 13.3 Å². The maximum atomic E-state index is 10.1. The van der Waals surface area contributed by atoms with Crippen molar-refractivity contribution in [3.8, 4) is 22.6 Å². The largest absolute Gasteiger partial charge is 0.504 e. The van der Waals surface area contributed by atoms with Crippen LogP contribution in [0.25, 0.3) is 11.1 Å². The van der Waals surface area contributed by atoms with Crippen LogP contribution in [0.2, 0.25) is 0 Å². The van der Waals surface area contributed by atoms with Crippen LogP contribution in [0, 0.1) is 6.92 Å². The second kappa shape index (κ2) is 4.29. The minimum atomic E-state index is 0.0168. The third-order valence-corrected chi connectivity index (χ3v) is 3.37. The van der Waals surface area contributed by atoms with Crippen molar-refractivity contribution >= 4 is 21.8 Å². The average Bonchev–Trinajstić information content (AvgIpc) is 2.71. The zero-order chi connectivity index (χ0) is 12.6. The first kappa shape index (κ1) is 11.8. The van der Waals surface area contributed by atoms with Crippen molar-refractivity contribution in [3.63, 3.8) is 0 Å². The summed E-state index contributed by atoms with van der Waals surface area (Å²) in [7, 11) is 1.48. The van der Waals surface area contributed by atoms with Crippen LogP contribution in [-0.4, -0.2) is 17.4 Å². The molecule has 0 fully saturated rings. The maximum Gasteiger partial charge on any atom is 0.230 e. The molecule has 0 spiro atoms. The van der Waals surface area contributed by atoms with Gasteiger partial charge in [-0.2, -0.15) is 0 Å². The molecule has 0 amide bonds. The number of rotatable bonds is 2. The van der Waals surface area contributed by atoms with Crippen LogP contribution in [-0.2, 0) is 0 Å². The summed E-state index contributed by atoms with van der Waals surface area (Å²) in [6, 6.07) is 1.69. The van der Waals surface area contributed by atoms with E-state index < -0.39 is 0 Å². The Labute approximate surface area is 106 Å². The molecule has 1 heterocycles. The standard InChI is InChI=1S/C11H11BrN2O3/c1-5-7(12)3-8(16-2)10(15)9(5)6-4-14-17-11(6)13/h3-4,15H,13H2,1-2H3. The second-order valence-electron chi connectivity index (χ2n) is 3.51. The van der Waals surface area contributed by atoms with Crippen LogP contribution in [0.4, 0.5) is 5.88 Å². The Morgan fingerprint density at radius 3 is 2.76 bits per heavy atom. The fourth-order valence-electron chi connectivity index (χ4n) is 1.63. The summed E-state index contributed by atoms with van der Waals surface area (Å²) in [6.45, 7) is 1.85. The zero-order valence-electron chi connectivity index (χ0n) is 9.32. The van der Waals surface area contributed by atoms with Gasteiger partial charge in [-0.25, -0.2) is 0 Å². The Morgan fingerprint density at radius 1 is 1.53 bits per heavy atom. The topological polar surface area (TPSA) is 81.5 Å². The molecule has 6 heteroatoms. The number of aromatic hydroxyl groups is 1. The first-order valence-electron chi connectivity index (χ1n) is 4.82. The first-order chi connectivity index (χ1) is 8.06. The molecule has 5 nitrogen and oxygen atoms in total. The fraction of sp³-hybridized carbons (Fsp3) is 0.182. The van der Waals surface area contributed by atoms with Crippen LogP contribution >= 0.6 is 15.9 Å². The molecule has 90 valence electrons. The van der Waals surface area contributed by atoms with E-state index in [2.05, 4.69) is 21.1 Å². The predicted octanol–water partition coefficient (Wildman–Crippen LogP) is 2.71. The number of anilines is 1. The Morgan fingerprint density at radius 2 is 2.24 bits per heavy atom. The van der Waals surface area contributed by atoms with E-state index in [0.717, 1.165) is 10.0 Å². The number of aromatic nitrogens is 1. The normalized spacial score (nSPS) is 10.5. The fourth-order valence-corrected chi connectivity index (χ4v) is 2.04. The summed E-state index contributed by atoms with van der Waals surface area (Å²) >= 11 is 3.40. The molecule has 0 aliphatic rings. The highest BCUT2D eigenvalue weighted by Crippen LogP contribution is 2.44. The summed E-state index contributed by atoms with van der Waals surface area (Å²) in [5, 5.41) is 13.7. The highest BCUT2D eigenvalue weighted by molar-refractivity contribution is 9.10. The maximum absolute atomic E-state index is 10.1. The van der Waals surface area contributed by atoms with Crippen molar-refractivity contribution in [3.05, 3.63) is 22.3 Å². The van der Waals surface area contributed by atoms with E-state index in [0.29, 0.717) is 16.9 Å². The molecule has 0 aliphatic carbocycles. The SMILES string of the molecule is COc1cc(Br)c(C)c(-c2cnoc2N)c1O. The quantitative estimate of drug-likeness (QED) is 0.891. The van der Waals surface area contributed by atoms with Gasteiger partial charge in [0.15, 0.2) is 11.5 Å². The van der Waals surface area contributed by atoms with Crippen LogP contribution in [0.15, 0.2) is 21.3 Å². The lowest BCUT2D eigenvalue weighted by molar-refractivity contribution is 0.374. The molecule has 0 atom stereocenters. The molecule has 0 bridgehead atoms. The molecule has 0 unspecified atom stereocenters. The smallest absolute Gasteiger partial charge is 0.230 e. The van der Waals surface area contributed by atoms with Gasteiger partial charge in [-0.3, -0.25) is 0 Å². The van der Waals surface area contributed by atoms with Gasteiger partial charge in [0.2, 0.25) is 5.88 Å². The number of nitrogens with two attached hydrogens (primary N) is 1. The number of benzene rings is 1. The van der Waals surface area contributed by atoms with Crippen molar-refractivity contribution in [1.29, 1.82) is 0 Å². The molecule has 2 aromatic rings. The van der Waals surface area contributed by atoms with Crippen LogP contribution in [0.1, 0.15) is 5.56 Å². The lowest BCUT2D eigenvalue weighted by Gasteiger charge is -2.12. The van der Waals surface area contributed by atoms with E-state index in [-0.39, 0.29) is 11.6 Å². The summed E-state index contributed by atoms with van der Waals surface area (Å²) in [5.41, 5.74) is 7.58. The van der Waals surface area contributed by atoms with E-state index in [1.807, 2.05) is 6.92 Å². The van der Waals surface area contributed by atoms with E-state index in [9.17, 15) is 5.11 Å². The van der Waals surface area contributed by atoms with E-state index >= 15 is 0 Å². The number of nitrogens with zero attached hydrogens (tertiary/aromatic N) is 1. The van der Waals surface area contributed by atoms with Gasteiger partial charge in [0.25, 0.3) is 0 Å². The second-order valence-corrected chi connectivity index (χ2v) is 4.37. The van der Waals surface area contributed by atoms with Gasteiger partial charge in [-0.1, -0.05) is 21.1 Å². The van der Waals surface area contributed by atoms with Gasteiger partial charge in [-0.15, -0.1) is 0 Å². The highest BCUT2D eigenvalue weighted by Gasteiger charge is 2.19. The van der Waals surface area contributed by atoms with Crippen molar-refractivity contribution in [2.75, 3.05) is 12.8 Å². The monoisotopic (exact) mass is 298 g/mol. The summed E-state index contributed by atoms with van der Waals surface area (Å²) in [6.07, 6.45) is 1.46. The predicted molar refractivity (Wildman–Crippen MR) is 67.0 cm³/mol. The molecule has 1 aromatic heterocycles. The molecule has 0 radical (unpaired) electrons. The summed E-state index contributed by atoms with van der Waals surface area (Å²) in [5.74, 6) is 0.532. The van der Waals surface area contributed by atoms with Gasteiger partial charge in [0.1, 0.15) is 0 Å². The number of halogens is 1. The first-order valence-corrected chi connectivity index (χ1v) is 5.62. The Bertz CT molecular complexity index is 566. The van der Waals surface area contributed by atoms with E-state index in [4.69, 9.17) is 15.0 Å².